The van der Waals surface area contributed by atoms with Crippen LogP contribution in [-0.2, 0) is 4.79 Å². The second-order valence-corrected chi connectivity index (χ2v) is 8.64. The molecule has 0 saturated carbocycles. The van der Waals surface area contributed by atoms with Gasteiger partial charge in [0.1, 0.15) is 17.6 Å². The van der Waals surface area contributed by atoms with Gasteiger partial charge in [-0.1, -0.05) is 11.8 Å². The summed E-state index contributed by atoms with van der Waals surface area (Å²) in [6, 6.07) is 13.0. The van der Waals surface area contributed by atoms with E-state index in [0.29, 0.717) is 23.1 Å². The van der Waals surface area contributed by atoms with Gasteiger partial charge in [-0.3, -0.25) is 9.20 Å². The highest BCUT2D eigenvalue weighted by atomic mass is 32.2. The van der Waals surface area contributed by atoms with E-state index >= 15 is 0 Å². The number of rotatable bonds is 6. The maximum atomic E-state index is 13.3. The van der Waals surface area contributed by atoms with E-state index in [1.165, 1.54) is 16.8 Å². The van der Waals surface area contributed by atoms with Gasteiger partial charge in [-0.25, -0.2) is 9.99 Å². The number of aryl methyl sites for hydroxylation is 2. The lowest BCUT2D eigenvalue weighted by Crippen LogP contribution is -2.28. The lowest BCUT2D eigenvalue weighted by Gasteiger charge is -2.19. The number of carbonyl (C=O) groups is 1. The third-order valence-corrected chi connectivity index (χ3v) is 6.36. The van der Waals surface area contributed by atoms with E-state index in [-0.39, 0.29) is 17.7 Å². The summed E-state index contributed by atoms with van der Waals surface area (Å²) in [4.78, 5) is 17.7. The van der Waals surface area contributed by atoms with Crippen LogP contribution in [0.1, 0.15) is 35.2 Å². The molecule has 1 atom stereocenters. The maximum Gasteiger partial charge on any atom is 0.256 e. The molecule has 9 nitrogen and oxygen atoms in total. The highest BCUT2D eigenvalue weighted by Crippen LogP contribution is 2.34. The van der Waals surface area contributed by atoms with Crippen LogP contribution in [0.2, 0.25) is 0 Å². The molecule has 1 aliphatic heterocycles. The Bertz CT molecular complexity index is 1330. The standard InChI is InChI=1S/C23H22N6O3S/c1-14-11-15(2)28-22(24-14)25-26-23(28)33-13-21(30)29-19(20-5-4-10-32-20)12-18(27-29)16-6-8-17(31-3)9-7-16/h4-11,19H,12-13H2,1-3H3/t19-/m0/s1. The van der Waals surface area contributed by atoms with E-state index in [2.05, 4.69) is 20.3 Å². The summed E-state index contributed by atoms with van der Waals surface area (Å²) >= 11 is 1.31. The van der Waals surface area contributed by atoms with Crippen molar-refractivity contribution in [3.63, 3.8) is 0 Å². The zero-order valence-electron chi connectivity index (χ0n) is 18.4. The number of hydrogen-bond donors (Lipinski definition) is 0. The third-order valence-electron chi connectivity index (χ3n) is 5.45. The van der Waals surface area contributed by atoms with Gasteiger partial charge in [0.2, 0.25) is 0 Å². The van der Waals surface area contributed by atoms with Crippen LogP contribution in [0, 0.1) is 13.8 Å². The number of amides is 1. The van der Waals surface area contributed by atoms with Crippen molar-refractivity contribution < 1.29 is 13.9 Å². The fraction of sp³-hybridized carbons (Fsp3) is 0.261. The van der Waals surface area contributed by atoms with Gasteiger partial charge in [0.15, 0.2) is 5.16 Å². The number of fused-ring (bicyclic) bond motifs is 1. The number of furan rings is 1. The van der Waals surface area contributed by atoms with Crippen LogP contribution in [-0.4, -0.2) is 49.1 Å². The number of benzene rings is 1. The largest absolute Gasteiger partial charge is 0.497 e. The van der Waals surface area contributed by atoms with Crippen LogP contribution in [0.5, 0.6) is 5.75 Å². The molecule has 1 aliphatic rings. The molecule has 10 heteroatoms. The van der Waals surface area contributed by atoms with Gasteiger partial charge in [0.25, 0.3) is 11.7 Å². The molecule has 0 unspecified atom stereocenters. The molecule has 4 aromatic rings. The monoisotopic (exact) mass is 462 g/mol. The smallest absolute Gasteiger partial charge is 0.256 e. The number of thioether (sulfide) groups is 1. The molecule has 0 spiro atoms. The predicted octanol–water partition coefficient (Wildman–Crippen LogP) is 3.81. The molecule has 3 aromatic heterocycles. The number of methoxy groups -OCH3 is 1. The van der Waals surface area contributed by atoms with Crippen LogP contribution in [0.3, 0.4) is 0 Å². The second kappa shape index (κ2) is 8.70. The molecule has 0 aliphatic carbocycles. The zero-order valence-corrected chi connectivity index (χ0v) is 19.2. The Morgan fingerprint density at radius 3 is 2.76 bits per heavy atom. The number of hydrogen-bond acceptors (Lipinski definition) is 8. The highest BCUT2D eigenvalue weighted by molar-refractivity contribution is 7.99. The number of carbonyl (C=O) groups excluding carboxylic acids is 1. The van der Waals surface area contributed by atoms with E-state index in [9.17, 15) is 4.79 Å². The fourth-order valence-electron chi connectivity index (χ4n) is 3.89. The van der Waals surface area contributed by atoms with Gasteiger partial charge >= 0.3 is 0 Å². The predicted molar refractivity (Wildman–Crippen MR) is 123 cm³/mol. The van der Waals surface area contributed by atoms with Crippen molar-refractivity contribution in [2.24, 2.45) is 5.10 Å². The molecule has 1 aromatic carbocycles. The molecule has 4 heterocycles. The van der Waals surface area contributed by atoms with E-state index in [0.717, 1.165) is 28.4 Å². The molecule has 0 saturated heterocycles. The lowest BCUT2D eigenvalue weighted by atomic mass is 10.0. The minimum Gasteiger partial charge on any atom is -0.497 e. The SMILES string of the molecule is COc1ccc(C2=NN(C(=O)CSc3nnc4nc(C)cc(C)n34)[C@H](c3ccco3)C2)cc1. The van der Waals surface area contributed by atoms with Crippen LogP contribution in [0.25, 0.3) is 5.78 Å². The van der Waals surface area contributed by atoms with Gasteiger partial charge in [0.05, 0.1) is 24.8 Å². The Kier molecular flexibility index (Phi) is 5.59. The fourth-order valence-corrected chi connectivity index (χ4v) is 4.73. The molecule has 5 rings (SSSR count). The van der Waals surface area contributed by atoms with Gasteiger partial charge < -0.3 is 9.15 Å². The topological polar surface area (TPSA) is 98.1 Å². The first-order chi connectivity index (χ1) is 16.0. The third kappa shape index (κ3) is 4.09. The van der Waals surface area contributed by atoms with Crippen molar-refractivity contribution in [3.8, 4) is 5.75 Å². The van der Waals surface area contributed by atoms with Crippen molar-refractivity contribution >= 4 is 29.2 Å². The number of hydrazone groups is 1. The molecular formula is C23H22N6O3S. The van der Waals surface area contributed by atoms with Crippen molar-refractivity contribution in [2.75, 3.05) is 12.9 Å². The van der Waals surface area contributed by atoms with Crippen molar-refractivity contribution in [3.05, 3.63) is 71.4 Å². The summed E-state index contributed by atoms with van der Waals surface area (Å²) in [5.41, 5.74) is 3.60. The Hall–Kier alpha value is -3.66. The summed E-state index contributed by atoms with van der Waals surface area (Å²) in [7, 11) is 1.63. The Morgan fingerprint density at radius 2 is 2.03 bits per heavy atom. The average molecular weight is 463 g/mol. The summed E-state index contributed by atoms with van der Waals surface area (Å²) < 4.78 is 12.7. The van der Waals surface area contributed by atoms with Crippen LogP contribution < -0.4 is 4.74 Å². The van der Waals surface area contributed by atoms with Gasteiger partial charge in [-0.15, -0.1) is 10.2 Å². The van der Waals surface area contributed by atoms with Crippen molar-refractivity contribution in [1.29, 1.82) is 0 Å². The minimum absolute atomic E-state index is 0.139. The van der Waals surface area contributed by atoms with Crippen LogP contribution in [0.4, 0.5) is 0 Å². The maximum absolute atomic E-state index is 13.3. The van der Waals surface area contributed by atoms with E-state index in [4.69, 9.17) is 9.15 Å². The number of aromatic nitrogens is 4. The van der Waals surface area contributed by atoms with E-state index in [1.54, 1.807) is 13.4 Å². The Balaban J connectivity index is 1.39. The molecule has 0 bridgehead atoms. The molecule has 0 radical (unpaired) electrons. The first-order valence-electron chi connectivity index (χ1n) is 10.4. The average Bonchev–Trinajstić information content (AvgIpc) is 3.56. The quantitative estimate of drug-likeness (QED) is 0.402. The molecule has 1 amide bonds. The minimum atomic E-state index is -0.300. The zero-order chi connectivity index (χ0) is 22.9. The van der Waals surface area contributed by atoms with E-state index in [1.807, 2.05) is 60.7 Å². The first-order valence-corrected chi connectivity index (χ1v) is 11.4. The van der Waals surface area contributed by atoms with Crippen molar-refractivity contribution in [2.45, 2.75) is 31.5 Å². The van der Waals surface area contributed by atoms with Crippen molar-refractivity contribution in [1.82, 2.24) is 24.6 Å². The Labute approximate surface area is 194 Å². The normalized spacial score (nSPS) is 15.8. The van der Waals surface area contributed by atoms with Gasteiger partial charge in [0, 0.05) is 17.8 Å². The highest BCUT2D eigenvalue weighted by Gasteiger charge is 2.35. The summed E-state index contributed by atoms with van der Waals surface area (Å²) in [5.74, 6) is 2.01. The summed E-state index contributed by atoms with van der Waals surface area (Å²) in [6.45, 7) is 3.88. The van der Waals surface area contributed by atoms with Gasteiger partial charge in [-0.05, 0) is 61.9 Å². The Morgan fingerprint density at radius 1 is 1.21 bits per heavy atom. The molecule has 33 heavy (non-hydrogen) atoms. The van der Waals surface area contributed by atoms with Crippen LogP contribution in [0.15, 0.2) is 63.4 Å². The number of nitrogens with zero attached hydrogens (tertiary/aromatic N) is 6. The molecule has 168 valence electrons. The van der Waals surface area contributed by atoms with E-state index < -0.39 is 0 Å². The summed E-state index contributed by atoms with van der Waals surface area (Å²) in [5, 5.41) is 15.2. The lowest BCUT2D eigenvalue weighted by molar-refractivity contribution is -0.130. The second-order valence-electron chi connectivity index (χ2n) is 7.69. The molecule has 0 fully saturated rings. The van der Waals surface area contributed by atoms with Gasteiger partial charge in [-0.2, -0.15) is 5.10 Å². The summed E-state index contributed by atoms with van der Waals surface area (Å²) in [6.07, 6.45) is 2.17. The number of ether oxygens (including phenoxy) is 1. The first kappa shape index (κ1) is 21.2. The van der Waals surface area contributed by atoms with Crippen LogP contribution >= 0.6 is 11.8 Å². The molecular weight excluding hydrogens is 440 g/mol. The molecule has 0 N–H and O–H groups in total.